The summed E-state index contributed by atoms with van der Waals surface area (Å²) in [6.45, 7) is 0. The largest absolute Gasteiger partial charge is 0.456 e. The molecule has 0 amide bonds. The van der Waals surface area contributed by atoms with Crippen LogP contribution in [0.3, 0.4) is 0 Å². The number of hydrogen-bond acceptors (Lipinski definition) is 2. The third kappa shape index (κ3) is 2.65. The molecule has 0 saturated carbocycles. The van der Waals surface area contributed by atoms with Crippen molar-refractivity contribution in [3.8, 4) is 11.5 Å². The molecule has 0 aliphatic rings. The normalized spacial score (nSPS) is 10.3. The summed E-state index contributed by atoms with van der Waals surface area (Å²) < 4.78 is 31.2. The van der Waals surface area contributed by atoms with Crippen molar-refractivity contribution >= 4 is 17.3 Å². The number of ether oxygens (including phenoxy) is 1. The molecule has 0 unspecified atom stereocenters. The lowest BCUT2D eigenvalue weighted by Crippen LogP contribution is -1.92. The maximum atomic E-state index is 13.1. The lowest BCUT2D eigenvalue weighted by atomic mass is 10.3. The second-order valence-corrected chi connectivity index (χ2v) is 3.77. The van der Waals surface area contributed by atoms with Gasteiger partial charge in [-0.25, -0.2) is 8.78 Å². The predicted molar refractivity (Wildman–Crippen MR) is 62.3 cm³/mol. The molecule has 0 aliphatic carbocycles. The minimum absolute atomic E-state index is 0.0301. The van der Waals surface area contributed by atoms with Gasteiger partial charge in [0.1, 0.15) is 23.1 Å². The van der Waals surface area contributed by atoms with E-state index in [1.165, 1.54) is 24.3 Å². The summed E-state index contributed by atoms with van der Waals surface area (Å²) in [5, 5.41) is 0.113. The summed E-state index contributed by atoms with van der Waals surface area (Å²) in [7, 11) is 0. The van der Waals surface area contributed by atoms with Gasteiger partial charge in [-0.2, -0.15) is 0 Å². The molecule has 0 bridgehead atoms. The lowest BCUT2D eigenvalue weighted by molar-refractivity contribution is 0.475. The molecule has 0 aromatic heterocycles. The van der Waals surface area contributed by atoms with Crippen molar-refractivity contribution in [1.82, 2.24) is 0 Å². The van der Waals surface area contributed by atoms with Crippen LogP contribution in [0.4, 0.5) is 14.5 Å². The summed E-state index contributed by atoms with van der Waals surface area (Å²) in [5.41, 5.74) is 5.36. The molecule has 0 fully saturated rings. The molecule has 2 nitrogen and oxygen atoms in total. The fraction of sp³-hybridized carbons (Fsp3) is 0. The summed E-state index contributed by atoms with van der Waals surface area (Å²) >= 11 is 5.77. The first kappa shape index (κ1) is 11.7. The second kappa shape index (κ2) is 4.59. The van der Waals surface area contributed by atoms with Crippen molar-refractivity contribution < 1.29 is 13.5 Å². The Balaban J connectivity index is 2.28. The topological polar surface area (TPSA) is 35.2 Å². The van der Waals surface area contributed by atoms with E-state index in [4.69, 9.17) is 22.1 Å². The number of benzene rings is 2. The smallest absolute Gasteiger partial charge is 0.149 e. The van der Waals surface area contributed by atoms with Crippen molar-refractivity contribution in [2.24, 2.45) is 0 Å². The summed E-state index contributed by atoms with van der Waals surface area (Å²) in [5.74, 6) is -0.561. The summed E-state index contributed by atoms with van der Waals surface area (Å²) in [6, 6.07) is 7.70. The molecule has 2 N–H and O–H groups in total. The fourth-order valence-electron chi connectivity index (χ4n) is 1.26. The van der Waals surface area contributed by atoms with Crippen LogP contribution in [-0.2, 0) is 0 Å². The standard InChI is InChI=1S/C12H8ClF2NO/c13-9-5-7(14)1-4-12(9)17-8-2-3-11(16)10(15)6-8/h1-6H,16H2. The Morgan fingerprint density at radius 3 is 2.47 bits per heavy atom. The van der Waals surface area contributed by atoms with Gasteiger partial charge in [-0.1, -0.05) is 11.6 Å². The molecule has 88 valence electrons. The zero-order valence-electron chi connectivity index (χ0n) is 8.58. The lowest BCUT2D eigenvalue weighted by Gasteiger charge is -2.08. The fourth-order valence-corrected chi connectivity index (χ4v) is 1.46. The first-order valence-corrected chi connectivity index (χ1v) is 5.12. The molecule has 17 heavy (non-hydrogen) atoms. The first-order chi connectivity index (χ1) is 8.06. The van der Waals surface area contributed by atoms with Crippen molar-refractivity contribution in [1.29, 1.82) is 0 Å². The maximum Gasteiger partial charge on any atom is 0.149 e. The van der Waals surface area contributed by atoms with Crippen molar-refractivity contribution in [3.05, 3.63) is 53.1 Å². The van der Waals surface area contributed by atoms with Crippen LogP contribution >= 0.6 is 11.6 Å². The van der Waals surface area contributed by atoms with Gasteiger partial charge in [0.15, 0.2) is 0 Å². The van der Waals surface area contributed by atoms with Gasteiger partial charge < -0.3 is 10.5 Å². The molecule has 0 radical (unpaired) electrons. The monoisotopic (exact) mass is 255 g/mol. The van der Waals surface area contributed by atoms with Crippen LogP contribution < -0.4 is 10.5 Å². The van der Waals surface area contributed by atoms with Gasteiger partial charge in [0.2, 0.25) is 0 Å². The minimum Gasteiger partial charge on any atom is -0.456 e. The van der Waals surface area contributed by atoms with E-state index in [0.29, 0.717) is 0 Å². The number of rotatable bonds is 2. The van der Waals surface area contributed by atoms with Gasteiger partial charge in [-0.3, -0.25) is 0 Å². The number of nitrogen functional groups attached to an aromatic ring is 1. The Morgan fingerprint density at radius 2 is 1.82 bits per heavy atom. The van der Waals surface area contributed by atoms with Crippen molar-refractivity contribution in [2.75, 3.05) is 5.73 Å². The summed E-state index contributed by atoms with van der Waals surface area (Å²) in [4.78, 5) is 0. The van der Waals surface area contributed by atoms with Gasteiger partial charge in [-0.15, -0.1) is 0 Å². The molecular formula is C12H8ClF2NO. The van der Waals surface area contributed by atoms with E-state index in [9.17, 15) is 8.78 Å². The van der Waals surface area contributed by atoms with Crippen molar-refractivity contribution in [3.63, 3.8) is 0 Å². The van der Waals surface area contributed by atoms with Crippen LogP contribution in [0.15, 0.2) is 36.4 Å². The van der Waals surface area contributed by atoms with E-state index >= 15 is 0 Å². The highest BCUT2D eigenvalue weighted by Gasteiger charge is 2.06. The van der Waals surface area contributed by atoms with Crippen LogP contribution in [0.25, 0.3) is 0 Å². The van der Waals surface area contributed by atoms with E-state index in [-0.39, 0.29) is 22.2 Å². The van der Waals surface area contributed by atoms with E-state index in [2.05, 4.69) is 0 Å². The quantitative estimate of drug-likeness (QED) is 0.824. The molecule has 0 heterocycles. The molecular weight excluding hydrogens is 248 g/mol. The zero-order chi connectivity index (χ0) is 12.4. The van der Waals surface area contributed by atoms with Gasteiger partial charge in [-0.05, 0) is 30.3 Å². The van der Waals surface area contributed by atoms with Gasteiger partial charge >= 0.3 is 0 Å². The molecule has 2 aromatic rings. The zero-order valence-corrected chi connectivity index (χ0v) is 9.34. The molecule has 2 rings (SSSR count). The van der Waals surface area contributed by atoms with E-state index in [0.717, 1.165) is 12.1 Å². The molecule has 5 heteroatoms. The third-order valence-electron chi connectivity index (χ3n) is 2.09. The van der Waals surface area contributed by atoms with Crippen LogP contribution in [0.1, 0.15) is 0 Å². The predicted octanol–water partition coefficient (Wildman–Crippen LogP) is 3.99. The average Bonchev–Trinajstić information content (AvgIpc) is 2.27. The van der Waals surface area contributed by atoms with Crippen LogP contribution in [-0.4, -0.2) is 0 Å². The molecule has 0 aliphatic heterocycles. The molecule has 0 saturated heterocycles. The van der Waals surface area contributed by atoms with Crippen LogP contribution in [0.2, 0.25) is 5.02 Å². The Kier molecular flexibility index (Phi) is 3.15. The molecule has 0 atom stereocenters. The SMILES string of the molecule is Nc1ccc(Oc2ccc(F)cc2Cl)cc1F. The third-order valence-corrected chi connectivity index (χ3v) is 2.39. The maximum absolute atomic E-state index is 13.1. The number of halogens is 3. The van der Waals surface area contributed by atoms with Crippen LogP contribution in [0, 0.1) is 11.6 Å². The minimum atomic E-state index is -0.583. The van der Waals surface area contributed by atoms with Gasteiger partial charge in [0.25, 0.3) is 0 Å². The highest BCUT2D eigenvalue weighted by Crippen LogP contribution is 2.30. The van der Waals surface area contributed by atoms with Crippen LogP contribution in [0.5, 0.6) is 11.5 Å². The Labute approximate surface area is 102 Å². The molecule has 0 spiro atoms. The number of hydrogen-bond donors (Lipinski definition) is 1. The highest BCUT2D eigenvalue weighted by atomic mass is 35.5. The molecule has 2 aromatic carbocycles. The average molecular weight is 256 g/mol. The van der Waals surface area contributed by atoms with E-state index in [1.807, 2.05) is 0 Å². The van der Waals surface area contributed by atoms with Crippen molar-refractivity contribution in [2.45, 2.75) is 0 Å². The Morgan fingerprint density at radius 1 is 1.06 bits per heavy atom. The number of anilines is 1. The van der Waals surface area contributed by atoms with Gasteiger partial charge in [0.05, 0.1) is 10.7 Å². The second-order valence-electron chi connectivity index (χ2n) is 3.36. The Hall–Kier alpha value is -1.81. The van der Waals surface area contributed by atoms with Gasteiger partial charge in [0, 0.05) is 6.07 Å². The highest BCUT2D eigenvalue weighted by molar-refractivity contribution is 6.32. The Bertz CT molecular complexity index is 560. The first-order valence-electron chi connectivity index (χ1n) is 4.74. The van der Waals surface area contributed by atoms with E-state index in [1.54, 1.807) is 0 Å². The number of nitrogens with two attached hydrogens (primary N) is 1. The summed E-state index contributed by atoms with van der Waals surface area (Å²) in [6.07, 6.45) is 0. The van der Waals surface area contributed by atoms with E-state index < -0.39 is 11.6 Å².